The van der Waals surface area contributed by atoms with Gasteiger partial charge in [0.05, 0.1) is 11.8 Å². The molecule has 0 atom stereocenters. The fraction of sp³-hybridized carbons (Fsp3) is 0.600. The van der Waals surface area contributed by atoms with E-state index in [1.165, 1.54) is 12.8 Å². The first-order valence-electron chi connectivity index (χ1n) is 4.85. The largest absolute Gasteiger partial charge is 0.294 e. The van der Waals surface area contributed by atoms with E-state index in [4.69, 9.17) is 0 Å². The molecular formula is C10H14N2O. The van der Waals surface area contributed by atoms with Gasteiger partial charge in [0.25, 0.3) is 0 Å². The molecule has 1 aliphatic rings. The van der Waals surface area contributed by atoms with E-state index in [9.17, 15) is 4.79 Å². The first-order chi connectivity index (χ1) is 6.29. The normalized spacial score (nSPS) is 16.1. The summed E-state index contributed by atoms with van der Waals surface area (Å²) < 4.78 is 1.89. The second-order valence-electron chi connectivity index (χ2n) is 3.67. The molecule has 0 saturated heterocycles. The van der Waals surface area contributed by atoms with Crippen molar-refractivity contribution in [2.75, 3.05) is 0 Å². The molecule has 1 aromatic heterocycles. The molecule has 1 heterocycles. The molecule has 1 saturated carbocycles. The Morgan fingerprint density at radius 2 is 2.46 bits per heavy atom. The summed E-state index contributed by atoms with van der Waals surface area (Å²) in [6, 6.07) is 0. The van der Waals surface area contributed by atoms with E-state index < -0.39 is 0 Å². The number of ketones is 1. The van der Waals surface area contributed by atoms with Crippen LogP contribution in [-0.2, 0) is 6.54 Å². The molecule has 0 aliphatic heterocycles. The van der Waals surface area contributed by atoms with Gasteiger partial charge in [0.1, 0.15) is 0 Å². The van der Waals surface area contributed by atoms with E-state index in [2.05, 4.69) is 5.10 Å². The monoisotopic (exact) mass is 178 g/mol. The lowest BCUT2D eigenvalue weighted by Crippen LogP contribution is -2.00. The molecule has 0 radical (unpaired) electrons. The second kappa shape index (κ2) is 3.32. The molecule has 1 aromatic rings. The minimum absolute atomic E-state index is 0.182. The highest BCUT2D eigenvalue weighted by atomic mass is 16.1. The summed E-state index contributed by atoms with van der Waals surface area (Å²) >= 11 is 0. The zero-order valence-corrected chi connectivity index (χ0v) is 7.86. The van der Waals surface area contributed by atoms with Crippen LogP contribution in [0.1, 0.15) is 36.5 Å². The van der Waals surface area contributed by atoms with Gasteiger partial charge >= 0.3 is 0 Å². The Kier molecular flexibility index (Phi) is 2.17. The van der Waals surface area contributed by atoms with Gasteiger partial charge in [-0.1, -0.05) is 6.92 Å². The molecule has 13 heavy (non-hydrogen) atoms. The Bertz CT molecular complexity index is 312. The third kappa shape index (κ3) is 1.97. The molecule has 1 fully saturated rings. The molecular weight excluding hydrogens is 164 g/mol. The van der Waals surface area contributed by atoms with Crippen LogP contribution in [0.3, 0.4) is 0 Å². The number of nitrogens with zero attached hydrogens (tertiary/aromatic N) is 2. The number of Topliss-reactive ketones (excluding diaryl/α,β-unsaturated/α-hetero) is 1. The summed E-state index contributed by atoms with van der Waals surface area (Å²) in [7, 11) is 0. The molecule has 3 heteroatoms. The van der Waals surface area contributed by atoms with Crippen molar-refractivity contribution in [2.45, 2.75) is 32.7 Å². The summed E-state index contributed by atoms with van der Waals surface area (Å²) in [6.45, 7) is 2.86. The van der Waals surface area contributed by atoms with E-state index in [-0.39, 0.29) is 5.78 Å². The van der Waals surface area contributed by atoms with Gasteiger partial charge in [-0.15, -0.1) is 0 Å². The van der Waals surface area contributed by atoms with Gasteiger partial charge in [-0.3, -0.25) is 9.48 Å². The topological polar surface area (TPSA) is 34.9 Å². The lowest BCUT2D eigenvalue weighted by atomic mass is 10.2. The Labute approximate surface area is 77.7 Å². The fourth-order valence-corrected chi connectivity index (χ4v) is 1.38. The maximum Gasteiger partial charge on any atom is 0.165 e. The highest BCUT2D eigenvalue weighted by Crippen LogP contribution is 2.30. The predicted octanol–water partition coefficient (Wildman–Crippen LogP) is 1.89. The van der Waals surface area contributed by atoms with E-state index >= 15 is 0 Å². The molecule has 0 amide bonds. The third-order valence-electron chi connectivity index (χ3n) is 2.42. The van der Waals surface area contributed by atoms with Crippen LogP contribution in [0.15, 0.2) is 12.4 Å². The molecule has 3 nitrogen and oxygen atoms in total. The first kappa shape index (κ1) is 8.48. The molecule has 0 aromatic carbocycles. The van der Waals surface area contributed by atoms with Crippen LogP contribution in [0.25, 0.3) is 0 Å². The maximum absolute atomic E-state index is 11.3. The highest BCUT2D eigenvalue weighted by Gasteiger charge is 2.22. The summed E-state index contributed by atoms with van der Waals surface area (Å²) in [5, 5.41) is 4.16. The molecule has 70 valence electrons. The van der Waals surface area contributed by atoms with Crippen LogP contribution in [0.5, 0.6) is 0 Å². The summed E-state index contributed by atoms with van der Waals surface area (Å²) in [6.07, 6.45) is 6.74. The average molecular weight is 178 g/mol. The molecule has 0 unspecified atom stereocenters. The number of hydrogen-bond acceptors (Lipinski definition) is 2. The SMILES string of the molecule is CCC(=O)c1cnn(CC2CC2)c1. The maximum atomic E-state index is 11.3. The van der Waals surface area contributed by atoms with Gasteiger partial charge in [-0.05, 0) is 18.8 Å². The van der Waals surface area contributed by atoms with Crippen molar-refractivity contribution in [3.8, 4) is 0 Å². The molecule has 2 rings (SSSR count). The van der Waals surface area contributed by atoms with Gasteiger partial charge in [0, 0.05) is 19.2 Å². The van der Waals surface area contributed by atoms with Crippen LogP contribution in [-0.4, -0.2) is 15.6 Å². The summed E-state index contributed by atoms with van der Waals surface area (Å²) in [5.74, 6) is 0.992. The number of hydrogen-bond donors (Lipinski definition) is 0. The first-order valence-corrected chi connectivity index (χ1v) is 4.85. The number of carbonyl (C=O) groups excluding carboxylic acids is 1. The highest BCUT2D eigenvalue weighted by molar-refractivity contribution is 5.95. The quantitative estimate of drug-likeness (QED) is 0.660. The number of aromatic nitrogens is 2. The average Bonchev–Trinajstić information content (AvgIpc) is 2.81. The third-order valence-corrected chi connectivity index (χ3v) is 2.42. The number of rotatable bonds is 4. The van der Waals surface area contributed by atoms with Crippen molar-refractivity contribution in [3.05, 3.63) is 18.0 Å². The van der Waals surface area contributed by atoms with Crippen molar-refractivity contribution in [2.24, 2.45) is 5.92 Å². The molecule has 0 N–H and O–H groups in total. The van der Waals surface area contributed by atoms with Gasteiger partial charge in [-0.25, -0.2) is 0 Å². The van der Waals surface area contributed by atoms with Crippen molar-refractivity contribution in [1.29, 1.82) is 0 Å². The van der Waals surface area contributed by atoms with E-state index in [1.807, 2.05) is 17.8 Å². The second-order valence-corrected chi connectivity index (χ2v) is 3.67. The van der Waals surface area contributed by atoms with E-state index in [1.54, 1.807) is 6.20 Å². The predicted molar refractivity (Wildman–Crippen MR) is 49.6 cm³/mol. The van der Waals surface area contributed by atoms with E-state index in [0.717, 1.165) is 18.0 Å². The van der Waals surface area contributed by atoms with Crippen LogP contribution in [0.4, 0.5) is 0 Å². The summed E-state index contributed by atoms with van der Waals surface area (Å²) in [4.78, 5) is 11.3. The van der Waals surface area contributed by atoms with Crippen LogP contribution < -0.4 is 0 Å². The Balaban J connectivity index is 2.03. The Morgan fingerprint density at radius 1 is 1.69 bits per heavy atom. The smallest absolute Gasteiger partial charge is 0.165 e. The van der Waals surface area contributed by atoms with Gasteiger partial charge in [0.2, 0.25) is 0 Å². The van der Waals surface area contributed by atoms with Gasteiger partial charge in [0.15, 0.2) is 5.78 Å². The van der Waals surface area contributed by atoms with Crippen molar-refractivity contribution in [1.82, 2.24) is 9.78 Å². The lowest BCUT2D eigenvalue weighted by molar-refractivity contribution is 0.0988. The zero-order chi connectivity index (χ0) is 9.26. The van der Waals surface area contributed by atoms with Gasteiger partial charge < -0.3 is 0 Å². The van der Waals surface area contributed by atoms with Crippen molar-refractivity contribution < 1.29 is 4.79 Å². The zero-order valence-electron chi connectivity index (χ0n) is 7.86. The number of carbonyl (C=O) groups is 1. The van der Waals surface area contributed by atoms with Crippen molar-refractivity contribution >= 4 is 5.78 Å². The van der Waals surface area contributed by atoms with Gasteiger partial charge in [-0.2, -0.15) is 5.10 Å². The van der Waals surface area contributed by atoms with Crippen LogP contribution >= 0.6 is 0 Å². The van der Waals surface area contributed by atoms with E-state index in [0.29, 0.717) is 6.42 Å². The minimum atomic E-state index is 0.182. The van der Waals surface area contributed by atoms with Crippen molar-refractivity contribution in [3.63, 3.8) is 0 Å². The Hall–Kier alpha value is -1.12. The lowest BCUT2D eigenvalue weighted by Gasteiger charge is -1.96. The fourth-order valence-electron chi connectivity index (χ4n) is 1.38. The van der Waals surface area contributed by atoms with Crippen LogP contribution in [0, 0.1) is 5.92 Å². The molecule has 0 spiro atoms. The molecule has 1 aliphatic carbocycles. The standard InChI is InChI=1S/C10H14N2O/c1-2-10(13)9-5-11-12(7-9)6-8-3-4-8/h5,7-8H,2-4,6H2,1H3. The minimum Gasteiger partial charge on any atom is -0.294 e. The molecule has 0 bridgehead atoms. The summed E-state index contributed by atoms with van der Waals surface area (Å²) in [5.41, 5.74) is 0.753. The Morgan fingerprint density at radius 3 is 3.08 bits per heavy atom. The van der Waals surface area contributed by atoms with Crippen LogP contribution in [0.2, 0.25) is 0 Å².